The van der Waals surface area contributed by atoms with E-state index in [2.05, 4.69) is 17.5 Å². The summed E-state index contributed by atoms with van der Waals surface area (Å²) >= 11 is 0. The maximum atomic E-state index is 12.1. The number of hydrogen-bond acceptors (Lipinski definition) is 3. The van der Waals surface area contributed by atoms with Gasteiger partial charge >= 0.3 is 0 Å². The van der Waals surface area contributed by atoms with Crippen LogP contribution in [0.15, 0.2) is 24.3 Å². The van der Waals surface area contributed by atoms with Crippen LogP contribution in [0.25, 0.3) is 0 Å². The van der Waals surface area contributed by atoms with E-state index in [9.17, 15) is 4.79 Å². The predicted molar refractivity (Wildman–Crippen MR) is 79.4 cm³/mol. The van der Waals surface area contributed by atoms with Crippen LogP contribution in [-0.2, 0) is 4.79 Å². The topological polar surface area (TPSA) is 47.6 Å². The molecule has 1 aromatic carbocycles. The first kappa shape index (κ1) is 14.4. The van der Waals surface area contributed by atoms with E-state index in [1.165, 1.54) is 0 Å². The molecule has 1 aliphatic carbocycles. The van der Waals surface area contributed by atoms with Crippen LogP contribution in [0.5, 0.6) is 11.5 Å². The van der Waals surface area contributed by atoms with Crippen LogP contribution in [0.2, 0.25) is 0 Å². The van der Waals surface area contributed by atoms with Gasteiger partial charge in [-0.1, -0.05) is 12.2 Å². The largest absolute Gasteiger partial charge is 0.493 e. The molecule has 0 spiro atoms. The molecule has 0 unspecified atom stereocenters. The number of benzene rings is 1. The molecule has 0 heterocycles. The van der Waals surface area contributed by atoms with Crippen LogP contribution in [0.3, 0.4) is 0 Å². The van der Waals surface area contributed by atoms with Crippen molar-refractivity contribution in [1.82, 2.24) is 0 Å². The number of allylic oxidation sites excluding steroid dienone is 2. The highest BCUT2D eigenvalue weighted by Gasteiger charge is 2.16. The number of hydrogen-bond donors (Lipinski definition) is 1. The van der Waals surface area contributed by atoms with Gasteiger partial charge in [-0.2, -0.15) is 0 Å². The third-order valence-electron chi connectivity index (χ3n) is 3.56. The van der Waals surface area contributed by atoms with E-state index in [0.717, 1.165) is 24.1 Å². The number of anilines is 1. The van der Waals surface area contributed by atoms with Crippen molar-refractivity contribution in [2.24, 2.45) is 5.92 Å². The molecular formula is C16H21NO3. The second kappa shape index (κ2) is 6.46. The molecule has 0 aliphatic heterocycles. The van der Waals surface area contributed by atoms with Crippen molar-refractivity contribution in [3.05, 3.63) is 29.8 Å². The van der Waals surface area contributed by atoms with E-state index in [0.29, 0.717) is 23.8 Å². The fraction of sp³-hybridized carbons (Fsp3) is 0.438. The lowest BCUT2D eigenvalue weighted by atomic mass is 10.0. The SMILES string of the molecule is COc1cc(C)c(NC(=O)C[C@@H]2C=CCC2)cc1OC. The Morgan fingerprint density at radius 2 is 2.00 bits per heavy atom. The van der Waals surface area contributed by atoms with Gasteiger partial charge in [-0.25, -0.2) is 0 Å². The van der Waals surface area contributed by atoms with Gasteiger partial charge in [-0.05, 0) is 37.3 Å². The molecule has 20 heavy (non-hydrogen) atoms. The fourth-order valence-electron chi connectivity index (χ4n) is 2.42. The van der Waals surface area contributed by atoms with Crippen molar-refractivity contribution in [2.45, 2.75) is 26.2 Å². The number of carbonyl (C=O) groups is 1. The molecule has 0 bridgehead atoms. The summed E-state index contributed by atoms with van der Waals surface area (Å²) in [4.78, 5) is 12.1. The first-order valence-electron chi connectivity index (χ1n) is 6.83. The van der Waals surface area contributed by atoms with Crippen LogP contribution in [0.1, 0.15) is 24.8 Å². The maximum Gasteiger partial charge on any atom is 0.224 e. The number of aryl methyl sites for hydroxylation is 1. The molecule has 1 aromatic rings. The highest BCUT2D eigenvalue weighted by molar-refractivity contribution is 5.92. The minimum absolute atomic E-state index is 0.0388. The second-order valence-electron chi connectivity index (χ2n) is 5.04. The molecule has 0 aromatic heterocycles. The molecule has 4 heteroatoms. The number of methoxy groups -OCH3 is 2. The Hall–Kier alpha value is -1.97. The molecule has 4 nitrogen and oxygen atoms in total. The van der Waals surface area contributed by atoms with Gasteiger partial charge in [0.1, 0.15) is 0 Å². The molecule has 1 N–H and O–H groups in total. The van der Waals surface area contributed by atoms with Gasteiger partial charge < -0.3 is 14.8 Å². The first-order chi connectivity index (χ1) is 9.63. The molecule has 1 atom stereocenters. The summed E-state index contributed by atoms with van der Waals surface area (Å²) < 4.78 is 10.5. The van der Waals surface area contributed by atoms with Gasteiger partial charge in [0, 0.05) is 18.2 Å². The molecule has 108 valence electrons. The summed E-state index contributed by atoms with van der Waals surface area (Å²) in [7, 11) is 3.18. The van der Waals surface area contributed by atoms with E-state index in [1.54, 1.807) is 20.3 Å². The Balaban J connectivity index is 2.08. The van der Waals surface area contributed by atoms with Gasteiger partial charge in [-0.15, -0.1) is 0 Å². The van der Waals surface area contributed by atoms with Crippen molar-refractivity contribution >= 4 is 11.6 Å². The van der Waals surface area contributed by atoms with Crippen LogP contribution in [-0.4, -0.2) is 20.1 Å². The Kier molecular flexibility index (Phi) is 4.66. The zero-order valence-corrected chi connectivity index (χ0v) is 12.2. The fourth-order valence-corrected chi connectivity index (χ4v) is 2.42. The summed E-state index contributed by atoms with van der Waals surface area (Å²) in [5, 5.41) is 2.95. The average molecular weight is 275 g/mol. The minimum atomic E-state index is 0.0388. The summed E-state index contributed by atoms with van der Waals surface area (Å²) in [5.74, 6) is 1.70. The monoisotopic (exact) mass is 275 g/mol. The standard InChI is InChI=1S/C16H21NO3/c1-11-8-14(19-2)15(20-3)10-13(11)17-16(18)9-12-6-4-5-7-12/h4,6,8,10,12H,5,7,9H2,1-3H3,(H,17,18)/t12-/m1/s1. The Morgan fingerprint density at radius 1 is 1.30 bits per heavy atom. The van der Waals surface area contributed by atoms with Crippen LogP contribution < -0.4 is 14.8 Å². The lowest BCUT2D eigenvalue weighted by Gasteiger charge is -2.14. The number of rotatable bonds is 5. The minimum Gasteiger partial charge on any atom is -0.493 e. The highest BCUT2D eigenvalue weighted by atomic mass is 16.5. The van der Waals surface area contributed by atoms with Crippen molar-refractivity contribution < 1.29 is 14.3 Å². The van der Waals surface area contributed by atoms with Crippen molar-refractivity contribution in [2.75, 3.05) is 19.5 Å². The number of amides is 1. The zero-order valence-electron chi connectivity index (χ0n) is 12.2. The van der Waals surface area contributed by atoms with Gasteiger partial charge in [0.2, 0.25) is 5.91 Å². The number of carbonyl (C=O) groups excluding carboxylic acids is 1. The van der Waals surface area contributed by atoms with Crippen molar-refractivity contribution in [3.63, 3.8) is 0 Å². The van der Waals surface area contributed by atoms with Crippen LogP contribution in [0.4, 0.5) is 5.69 Å². The zero-order chi connectivity index (χ0) is 14.5. The van der Waals surface area contributed by atoms with Crippen molar-refractivity contribution in [1.29, 1.82) is 0 Å². The number of nitrogens with one attached hydrogen (secondary N) is 1. The summed E-state index contributed by atoms with van der Waals surface area (Å²) in [5.41, 5.74) is 1.73. The molecular weight excluding hydrogens is 254 g/mol. The lowest BCUT2D eigenvalue weighted by molar-refractivity contribution is -0.116. The van der Waals surface area contributed by atoms with E-state index in [1.807, 2.05) is 13.0 Å². The smallest absolute Gasteiger partial charge is 0.224 e. The van der Waals surface area contributed by atoms with E-state index in [-0.39, 0.29) is 5.91 Å². The van der Waals surface area contributed by atoms with Crippen LogP contribution in [0, 0.1) is 12.8 Å². The van der Waals surface area contributed by atoms with E-state index in [4.69, 9.17) is 9.47 Å². The van der Waals surface area contributed by atoms with E-state index < -0.39 is 0 Å². The first-order valence-corrected chi connectivity index (χ1v) is 6.83. The predicted octanol–water partition coefficient (Wildman–Crippen LogP) is 3.31. The highest BCUT2D eigenvalue weighted by Crippen LogP contribution is 2.33. The Bertz CT molecular complexity index is 523. The molecule has 2 rings (SSSR count). The van der Waals surface area contributed by atoms with Crippen molar-refractivity contribution in [3.8, 4) is 11.5 Å². The molecule has 0 saturated heterocycles. The second-order valence-corrected chi connectivity index (χ2v) is 5.04. The van der Waals surface area contributed by atoms with E-state index >= 15 is 0 Å². The lowest BCUT2D eigenvalue weighted by Crippen LogP contribution is -2.15. The third kappa shape index (κ3) is 3.32. The maximum absolute atomic E-state index is 12.1. The Labute approximate surface area is 119 Å². The molecule has 1 aliphatic rings. The molecule has 1 amide bonds. The summed E-state index contributed by atoms with van der Waals surface area (Å²) in [6, 6.07) is 3.67. The third-order valence-corrected chi connectivity index (χ3v) is 3.56. The Morgan fingerprint density at radius 3 is 2.60 bits per heavy atom. The molecule has 0 saturated carbocycles. The van der Waals surface area contributed by atoms with Gasteiger partial charge in [0.05, 0.1) is 14.2 Å². The quantitative estimate of drug-likeness (QED) is 0.839. The summed E-state index contributed by atoms with van der Waals surface area (Å²) in [6.07, 6.45) is 6.94. The van der Waals surface area contributed by atoms with Gasteiger partial charge in [-0.3, -0.25) is 4.79 Å². The van der Waals surface area contributed by atoms with Crippen LogP contribution >= 0.6 is 0 Å². The number of ether oxygens (including phenoxy) is 2. The van der Waals surface area contributed by atoms with Gasteiger partial charge in [0.25, 0.3) is 0 Å². The molecule has 0 fully saturated rings. The molecule has 0 radical (unpaired) electrons. The van der Waals surface area contributed by atoms with Gasteiger partial charge in [0.15, 0.2) is 11.5 Å². The normalized spacial score (nSPS) is 17.1. The summed E-state index contributed by atoms with van der Waals surface area (Å²) in [6.45, 7) is 1.94. The average Bonchev–Trinajstić information content (AvgIpc) is 2.93.